The zero-order chi connectivity index (χ0) is 17.2. The minimum atomic E-state index is 0.670. The molecule has 3 aromatic carbocycles. The summed E-state index contributed by atoms with van der Waals surface area (Å²) < 4.78 is 16.6. The smallest absolute Gasteiger partial charge is 0.169 e. The molecule has 4 rings (SSSR count). The van der Waals surface area contributed by atoms with Crippen LogP contribution in [0.4, 0.5) is 5.69 Å². The molecule has 4 aromatic rings. The van der Waals surface area contributed by atoms with E-state index in [1.807, 2.05) is 54.6 Å². The summed E-state index contributed by atoms with van der Waals surface area (Å²) >= 11 is 0. The van der Waals surface area contributed by atoms with Gasteiger partial charge in [0.05, 0.1) is 19.9 Å². The topological polar surface area (TPSA) is 44.0 Å². The van der Waals surface area contributed by atoms with Crippen LogP contribution in [0.2, 0.25) is 0 Å². The number of rotatable bonds is 4. The number of benzene rings is 3. The van der Waals surface area contributed by atoms with Crippen molar-refractivity contribution in [2.75, 3.05) is 14.2 Å². The van der Waals surface area contributed by atoms with Crippen LogP contribution in [0, 0.1) is 0 Å². The molecule has 0 fully saturated rings. The van der Waals surface area contributed by atoms with Crippen molar-refractivity contribution in [1.29, 1.82) is 0 Å². The van der Waals surface area contributed by atoms with E-state index in [-0.39, 0.29) is 0 Å². The second kappa shape index (κ2) is 6.32. The van der Waals surface area contributed by atoms with Gasteiger partial charge >= 0.3 is 0 Å². The largest absolute Gasteiger partial charge is 0.493 e. The molecule has 1 heterocycles. The molecular weight excluding hydrogens is 314 g/mol. The van der Waals surface area contributed by atoms with Crippen LogP contribution in [0.25, 0.3) is 21.9 Å². The van der Waals surface area contributed by atoms with Crippen LogP contribution in [0.1, 0.15) is 5.56 Å². The molecule has 0 aliphatic heterocycles. The van der Waals surface area contributed by atoms with E-state index >= 15 is 0 Å². The normalized spacial score (nSPS) is 11.4. The molecule has 0 bridgehead atoms. The molecule has 0 unspecified atom stereocenters. The Labute approximate surface area is 145 Å². The number of para-hydroxylation sites is 2. The second-order valence-electron chi connectivity index (χ2n) is 5.62. The third kappa shape index (κ3) is 2.72. The molecule has 124 valence electrons. The highest BCUT2D eigenvalue weighted by molar-refractivity contribution is 6.06. The maximum atomic E-state index is 5.85. The van der Waals surface area contributed by atoms with Crippen molar-refractivity contribution in [2.24, 2.45) is 4.99 Å². The van der Waals surface area contributed by atoms with Crippen molar-refractivity contribution in [1.82, 2.24) is 0 Å². The van der Waals surface area contributed by atoms with Gasteiger partial charge in [-0.1, -0.05) is 24.3 Å². The van der Waals surface area contributed by atoms with Crippen LogP contribution in [-0.2, 0) is 0 Å². The summed E-state index contributed by atoms with van der Waals surface area (Å²) in [5.41, 5.74) is 3.45. The Hall–Kier alpha value is -3.27. The van der Waals surface area contributed by atoms with Crippen LogP contribution in [-0.4, -0.2) is 20.4 Å². The predicted molar refractivity (Wildman–Crippen MR) is 101 cm³/mol. The Balaban J connectivity index is 1.76. The van der Waals surface area contributed by atoms with E-state index in [4.69, 9.17) is 13.9 Å². The monoisotopic (exact) mass is 331 g/mol. The summed E-state index contributed by atoms with van der Waals surface area (Å²) in [4.78, 5) is 4.59. The lowest BCUT2D eigenvalue weighted by molar-refractivity contribution is 0.354. The molecule has 0 N–H and O–H groups in total. The number of ether oxygens (including phenoxy) is 2. The number of hydrogen-bond donors (Lipinski definition) is 0. The Kier molecular flexibility index (Phi) is 3.86. The highest BCUT2D eigenvalue weighted by Gasteiger charge is 2.08. The molecule has 0 amide bonds. The molecule has 1 aromatic heterocycles. The van der Waals surface area contributed by atoms with Crippen molar-refractivity contribution in [3.05, 3.63) is 66.2 Å². The number of nitrogens with zero attached hydrogens (tertiary/aromatic N) is 1. The minimum absolute atomic E-state index is 0.670. The maximum absolute atomic E-state index is 5.85. The van der Waals surface area contributed by atoms with Gasteiger partial charge in [-0.15, -0.1) is 0 Å². The van der Waals surface area contributed by atoms with Gasteiger partial charge in [0, 0.05) is 22.6 Å². The van der Waals surface area contributed by atoms with Gasteiger partial charge in [0.1, 0.15) is 11.2 Å². The summed E-state index contributed by atoms with van der Waals surface area (Å²) in [7, 11) is 3.25. The summed E-state index contributed by atoms with van der Waals surface area (Å²) in [6.07, 6.45) is 1.78. The van der Waals surface area contributed by atoms with Gasteiger partial charge in [-0.05, 0) is 36.4 Å². The lowest BCUT2D eigenvalue weighted by Crippen LogP contribution is -1.94. The zero-order valence-electron chi connectivity index (χ0n) is 14.0. The van der Waals surface area contributed by atoms with E-state index in [1.54, 1.807) is 20.4 Å². The first-order valence-corrected chi connectivity index (χ1v) is 7.96. The number of aliphatic imine (C=N–C) groups is 1. The molecule has 4 heteroatoms. The Morgan fingerprint density at radius 2 is 1.68 bits per heavy atom. The molecule has 25 heavy (non-hydrogen) atoms. The summed E-state index contributed by atoms with van der Waals surface area (Å²) in [5.74, 6) is 1.35. The van der Waals surface area contributed by atoms with Crippen LogP contribution >= 0.6 is 0 Å². The van der Waals surface area contributed by atoms with Crippen molar-refractivity contribution in [3.8, 4) is 11.5 Å². The second-order valence-corrected chi connectivity index (χ2v) is 5.62. The molecule has 4 nitrogen and oxygen atoms in total. The fourth-order valence-corrected chi connectivity index (χ4v) is 2.95. The molecule has 0 aliphatic carbocycles. The van der Waals surface area contributed by atoms with E-state index in [9.17, 15) is 0 Å². The predicted octanol–water partition coefficient (Wildman–Crippen LogP) is 5.35. The Bertz CT molecular complexity index is 1080. The summed E-state index contributed by atoms with van der Waals surface area (Å²) in [5, 5.41) is 2.15. The standard InChI is InChI=1S/C21H17NO3/c1-23-20-9-5-6-14(21(20)24-2)13-22-15-10-11-19-17(12-15)16-7-3-4-8-18(16)25-19/h3-13H,1-2H3. The molecule has 0 saturated heterocycles. The number of hydrogen-bond acceptors (Lipinski definition) is 4. The van der Waals surface area contributed by atoms with E-state index in [2.05, 4.69) is 11.1 Å². The number of fused-ring (bicyclic) bond motifs is 3. The van der Waals surface area contributed by atoms with Gasteiger partial charge in [0.15, 0.2) is 11.5 Å². The zero-order valence-corrected chi connectivity index (χ0v) is 14.0. The third-order valence-corrected chi connectivity index (χ3v) is 4.15. The molecule has 0 radical (unpaired) electrons. The van der Waals surface area contributed by atoms with Gasteiger partial charge in [0.2, 0.25) is 0 Å². The van der Waals surface area contributed by atoms with Crippen molar-refractivity contribution >= 4 is 33.8 Å². The highest BCUT2D eigenvalue weighted by atomic mass is 16.5. The molecule has 0 atom stereocenters. The first-order chi connectivity index (χ1) is 12.3. The molecule has 0 spiro atoms. The molecule has 0 aliphatic rings. The first kappa shape index (κ1) is 15.3. The van der Waals surface area contributed by atoms with Gasteiger partial charge < -0.3 is 13.9 Å². The fourth-order valence-electron chi connectivity index (χ4n) is 2.95. The van der Waals surface area contributed by atoms with Crippen molar-refractivity contribution < 1.29 is 13.9 Å². The van der Waals surface area contributed by atoms with Crippen molar-refractivity contribution in [2.45, 2.75) is 0 Å². The Morgan fingerprint density at radius 3 is 2.52 bits per heavy atom. The fraction of sp³-hybridized carbons (Fsp3) is 0.0952. The van der Waals surface area contributed by atoms with Crippen LogP contribution in [0.3, 0.4) is 0 Å². The third-order valence-electron chi connectivity index (χ3n) is 4.15. The van der Waals surface area contributed by atoms with E-state index in [0.717, 1.165) is 33.2 Å². The average Bonchev–Trinajstić information content (AvgIpc) is 3.03. The van der Waals surface area contributed by atoms with Crippen LogP contribution in [0.5, 0.6) is 11.5 Å². The van der Waals surface area contributed by atoms with Gasteiger partial charge in [-0.25, -0.2) is 0 Å². The maximum Gasteiger partial charge on any atom is 0.169 e. The van der Waals surface area contributed by atoms with Crippen LogP contribution < -0.4 is 9.47 Å². The van der Waals surface area contributed by atoms with Crippen molar-refractivity contribution in [3.63, 3.8) is 0 Å². The van der Waals surface area contributed by atoms with Gasteiger partial charge in [-0.2, -0.15) is 0 Å². The highest BCUT2D eigenvalue weighted by Crippen LogP contribution is 2.32. The molecule has 0 saturated carbocycles. The SMILES string of the molecule is COc1cccc(C=Nc2ccc3oc4ccccc4c3c2)c1OC. The Morgan fingerprint density at radius 1 is 0.840 bits per heavy atom. The van der Waals surface area contributed by atoms with E-state index < -0.39 is 0 Å². The van der Waals surface area contributed by atoms with Gasteiger partial charge in [-0.3, -0.25) is 4.99 Å². The lowest BCUT2D eigenvalue weighted by Gasteiger charge is -2.09. The van der Waals surface area contributed by atoms with Crippen LogP contribution in [0.15, 0.2) is 70.1 Å². The summed E-state index contributed by atoms with van der Waals surface area (Å²) in [6, 6.07) is 19.6. The number of methoxy groups -OCH3 is 2. The number of furan rings is 1. The minimum Gasteiger partial charge on any atom is -0.493 e. The summed E-state index contributed by atoms with van der Waals surface area (Å²) in [6.45, 7) is 0. The van der Waals surface area contributed by atoms with E-state index in [1.165, 1.54) is 0 Å². The average molecular weight is 331 g/mol. The lowest BCUT2D eigenvalue weighted by atomic mass is 10.1. The van der Waals surface area contributed by atoms with E-state index in [0.29, 0.717) is 11.5 Å². The van der Waals surface area contributed by atoms with Gasteiger partial charge in [0.25, 0.3) is 0 Å². The molecular formula is C21H17NO3. The first-order valence-electron chi connectivity index (χ1n) is 7.96. The quantitative estimate of drug-likeness (QED) is 0.473.